The summed E-state index contributed by atoms with van der Waals surface area (Å²) in [7, 11) is 0. The van der Waals surface area contributed by atoms with Crippen molar-refractivity contribution in [1.82, 2.24) is 4.57 Å². The summed E-state index contributed by atoms with van der Waals surface area (Å²) in [5, 5.41) is 10.1. The number of hydrogen-bond acceptors (Lipinski definition) is 2. The molecule has 1 aromatic heterocycles. The zero-order valence-corrected chi connectivity index (χ0v) is 18.7. The van der Waals surface area contributed by atoms with Crippen LogP contribution in [0.2, 0.25) is 0 Å². The third kappa shape index (κ3) is 4.89. The number of carbonyl (C=O) groups is 1. The summed E-state index contributed by atoms with van der Waals surface area (Å²) in [6.45, 7) is 1.06. The van der Waals surface area contributed by atoms with Crippen molar-refractivity contribution in [3.63, 3.8) is 0 Å². The number of halogens is 6. The lowest BCUT2D eigenvalue weighted by Gasteiger charge is -2.17. The highest BCUT2D eigenvalue weighted by atomic mass is 19.4. The molecule has 0 unspecified atom stereocenters. The van der Waals surface area contributed by atoms with E-state index in [4.69, 9.17) is 4.74 Å². The molecule has 0 aliphatic carbocycles. The highest BCUT2D eigenvalue weighted by Crippen LogP contribution is 2.39. The topological polar surface area (TPSA) is 51.5 Å². The molecule has 3 aromatic carbocycles. The summed E-state index contributed by atoms with van der Waals surface area (Å²) in [6, 6.07) is 15.2. The lowest BCUT2D eigenvalue weighted by Crippen LogP contribution is -2.15. The third-order valence-electron chi connectivity index (χ3n) is 5.83. The molecule has 0 radical (unpaired) electrons. The molecular formula is C26H19F6NO3. The van der Waals surface area contributed by atoms with Gasteiger partial charge in [-0.2, -0.15) is 26.3 Å². The van der Waals surface area contributed by atoms with Crippen molar-refractivity contribution in [2.75, 3.05) is 0 Å². The van der Waals surface area contributed by atoms with E-state index < -0.39 is 41.6 Å². The van der Waals surface area contributed by atoms with Crippen molar-refractivity contribution in [1.29, 1.82) is 0 Å². The average molecular weight is 507 g/mol. The van der Waals surface area contributed by atoms with Crippen LogP contribution in [-0.2, 0) is 25.5 Å². The van der Waals surface area contributed by atoms with Gasteiger partial charge in [-0.3, -0.25) is 0 Å². The minimum atomic E-state index is -5.05. The van der Waals surface area contributed by atoms with E-state index in [1.165, 1.54) is 17.6 Å². The molecule has 36 heavy (non-hydrogen) atoms. The highest BCUT2D eigenvalue weighted by molar-refractivity contribution is 6.07. The molecule has 0 amide bonds. The summed E-state index contributed by atoms with van der Waals surface area (Å²) in [6.07, 6.45) is -10.00. The normalized spacial score (nSPS) is 12.2. The largest absolute Gasteiger partial charge is 0.488 e. The molecule has 10 heteroatoms. The number of fused-ring (bicyclic) bond motifs is 1. The maximum absolute atomic E-state index is 13.7. The fourth-order valence-corrected chi connectivity index (χ4v) is 4.14. The monoisotopic (exact) mass is 507 g/mol. The zero-order chi connectivity index (χ0) is 26.3. The second kappa shape index (κ2) is 9.25. The van der Waals surface area contributed by atoms with Crippen molar-refractivity contribution in [3.05, 3.63) is 100 Å². The number of alkyl halides is 6. The second-order valence-electron chi connectivity index (χ2n) is 8.14. The summed E-state index contributed by atoms with van der Waals surface area (Å²) in [5.41, 5.74) is -2.20. The Morgan fingerprint density at radius 2 is 1.61 bits per heavy atom. The van der Waals surface area contributed by atoms with Gasteiger partial charge in [0.1, 0.15) is 12.4 Å². The molecule has 0 fully saturated rings. The summed E-state index contributed by atoms with van der Waals surface area (Å²) < 4.78 is 87.5. The molecule has 0 spiro atoms. The smallest absolute Gasteiger partial charge is 0.416 e. The summed E-state index contributed by atoms with van der Waals surface area (Å²) >= 11 is 0. The number of benzene rings is 3. The van der Waals surface area contributed by atoms with Crippen LogP contribution in [0, 0.1) is 6.92 Å². The van der Waals surface area contributed by atoms with Crippen LogP contribution in [0.15, 0.2) is 66.7 Å². The Balaban J connectivity index is 1.83. The van der Waals surface area contributed by atoms with Gasteiger partial charge in [-0.1, -0.05) is 42.5 Å². The van der Waals surface area contributed by atoms with E-state index in [1.807, 2.05) is 30.3 Å². The van der Waals surface area contributed by atoms with Crippen molar-refractivity contribution < 1.29 is 41.0 Å². The van der Waals surface area contributed by atoms with Gasteiger partial charge >= 0.3 is 18.3 Å². The number of nitrogens with zero attached hydrogens (tertiary/aromatic N) is 1. The number of aromatic nitrogens is 1. The van der Waals surface area contributed by atoms with Gasteiger partial charge in [-0.15, -0.1) is 0 Å². The molecule has 1 heterocycles. The Kier molecular flexibility index (Phi) is 6.46. The predicted molar refractivity (Wildman–Crippen MR) is 120 cm³/mol. The molecule has 0 atom stereocenters. The first-order chi connectivity index (χ1) is 16.9. The Bertz CT molecular complexity index is 1420. The molecule has 0 saturated heterocycles. The zero-order valence-electron chi connectivity index (χ0n) is 18.7. The van der Waals surface area contributed by atoms with Gasteiger partial charge in [-0.05, 0) is 42.3 Å². The van der Waals surface area contributed by atoms with Gasteiger partial charge < -0.3 is 14.4 Å². The Hall–Kier alpha value is -3.95. The van der Waals surface area contributed by atoms with Crippen molar-refractivity contribution >= 4 is 16.9 Å². The lowest BCUT2D eigenvalue weighted by molar-refractivity contribution is -0.143. The van der Waals surface area contributed by atoms with E-state index in [1.54, 1.807) is 12.1 Å². The number of carboxylic acids is 1. The molecular weight excluding hydrogens is 488 g/mol. The second-order valence-corrected chi connectivity index (χ2v) is 8.14. The molecule has 4 aromatic rings. The molecule has 0 aliphatic rings. The number of hydrogen-bond donors (Lipinski definition) is 1. The number of aromatic carboxylic acids is 1. The SMILES string of the molecule is Cc1c(C(=O)O)c2c(OCc3ccccc3)cccc2n1Cc1ccc(C(F)(F)F)cc1C(F)(F)F. The first-order valence-electron chi connectivity index (χ1n) is 10.7. The van der Waals surface area contributed by atoms with Crippen LogP contribution in [-0.4, -0.2) is 15.6 Å². The Morgan fingerprint density at radius 1 is 0.917 bits per heavy atom. The molecule has 4 rings (SSSR count). The van der Waals surface area contributed by atoms with E-state index in [0.717, 1.165) is 11.6 Å². The first-order valence-corrected chi connectivity index (χ1v) is 10.7. The highest BCUT2D eigenvalue weighted by Gasteiger charge is 2.38. The quantitative estimate of drug-likeness (QED) is 0.279. The van der Waals surface area contributed by atoms with Crippen LogP contribution >= 0.6 is 0 Å². The van der Waals surface area contributed by atoms with Gasteiger partial charge in [0.15, 0.2) is 0 Å². The predicted octanol–water partition coefficient (Wildman–Crippen LogP) is 7.31. The van der Waals surface area contributed by atoms with E-state index >= 15 is 0 Å². The summed E-state index contributed by atoms with van der Waals surface area (Å²) in [4.78, 5) is 12.1. The molecule has 4 nitrogen and oxygen atoms in total. The van der Waals surface area contributed by atoms with Gasteiger partial charge in [0.25, 0.3) is 0 Å². The maximum Gasteiger partial charge on any atom is 0.416 e. The maximum atomic E-state index is 13.7. The minimum Gasteiger partial charge on any atom is -0.488 e. The molecule has 0 bridgehead atoms. The van der Waals surface area contributed by atoms with E-state index in [0.29, 0.717) is 6.07 Å². The Morgan fingerprint density at radius 3 is 2.22 bits per heavy atom. The average Bonchev–Trinajstić information content (AvgIpc) is 3.09. The number of carboxylic acid groups (broad SMARTS) is 1. The molecule has 0 aliphatic heterocycles. The lowest BCUT2D eigenvalue weighted by atomic mass is 10.0. The van der Waals surface area contributed by atoms with Crippen LogP contribution in [0.5, 0.6) is 5.75 Å². The van der Waals surface area contributed by atoms with Crippen LogP contribution in [0.4, 0.5) is 26.3 Å². The molecule has 1 N–H and O–H groups in total. The number of rotatable bonds is 6. The van der Waals surface area contributed by atoms with Gasteiger partial charge in [0.2, 0.25) is 0 Å². The van der Waals surface area contributed by atoms with E-state index in [2.05, 4.69) is 0 Å². The van der Waals surface area contributed by atoms with Crippen LogP contribution < -0.4 is 4.74 Å². The van der Waals surface area contributed by atoms with Gasteiger partial charge in [0, 0.05) is 12.2 Å². The van der Waals surface area contributed by atoms with Crippen LogP contribution in [0.25, 0.3) is 10.9 Å². The standard InChI is InChI=1S/C26H19F6NO3/c1-15-22(24(34)35)23-20(8-5-9-21(23)36-14-16-6-3-2-4-7-16)33(15)13-17-10-11-18(25(27,28)29)12-19(17)26(30,31)32/h2-12H,13-14H2,1H3,(H,34,35). The van der Waals surface area contributed by atoms with E-state index in [9.17, 15) is 36.2 Å². The van der Waals surface area contributed by atoms with Crippen molar-refractivity contribution in [3.8, 4) is 5.75 Å². The minimum absolute atomic E-state index is 0.0723. The van der Waals surface area contributed by atoms with E-state index in [-0.39, 0.29) is 40.6 Å². The molecule has 188 valence electrons. The van der Waals surface area contributed by atoms with Crippen molar-refractivity contribution in [2.45, 2.75) is 32.4 Å². The third-order valence-corrected chi connectivity index (χ3v) is 5.83. The fourth-order valence-electron chi connectivity index (χ4n) is 4.14. The van der Waals surface area contributed by atoms with Crippen LogP contribution in [0.3, 0.4) is 0 Å². The number of ether oxygens (including phenoxy) is 1. The van der Waals surface area contributed by atoms with Gasteiger partial charge in [0.05, 0.1) is 27.6 Å². The first kappa shape index (κ1) is 25.2. The summed E-state index contributed by atoms with van der Waals surface area (Å²) in [5.74, 6) is -1.09. The van der Waals surface area contributed by atoms with Crippen molar-refractivity contribution in [2.24, 2.45) is 0 Å². The molecule has 0 saturated carbocycles. The van der Waals surface area contributed by atoms with Crippen LogP contribution in [0.1, 0.15) is 38.3 Å². The fraction of sp³-hybridized carbons (Fsp3) is 0.192. The van der Waals surface area contributed by atoms with Gasteiger partial charge in [-0.25, -0.2) is 4.79 Å². The Labute approximate surface area is 201 Å².